The molecule has 1 N–H and O–H groups in total. The average Bonchev–Trinajstić information content (AvgIpc) is 1.63. The van der Waals surface area contributed by atoms with Gasteiger partial charge in [0.1, 0.15) is 6.42 Å². The van der Waals surface area contributed by atoms with Crippen LogP contribution in [0.15, 0.2) is 0 Å². The highest BCUT2D eigenvalue weighted by molar-refractivity contribution is 5.67. The second-order valence-electron chi connectivity index (χ2n) is 1.78. The van der Waals surface area contributed by atoms with Crippen molar-refractivity contribution < 1.29 is 18.7 Å². The Morgan fingerprint density at radius 3 is 2.22 bits per heavy atom. The quantitative estimate of drug-likeness (QED) is 0.641. The SMILES string of the molecule is CCC(F)(F)CC(=O)O. The Balaban J connectivity index is 3.71. The fraction of sp³-hybridized carbons (Fsp3) is 0.800. The van der Waals surface area contributed by atoms with E-state index in [1.807, 2.05) is 0 Å². The predicted molar refractivity (Wildman–Crippen MR) is 27.5 cm³/mol. The van der Waals surface area contributed by atoms with Crippen LogP contribution in [0.5, 0.6) is 0 Å². The minimum Gasteiger partial charge on any atom is -0.481 e. The predicted octanol–water partition coefficient (Wildman–Crippen LogP) is 1.51. The first kappa shape index (κ1) is 8.33. The number of halogens is 2. The van der Waals surface area contributed by atoms with E-state index in [1.54, 1.807) is 0 Å². The standard InChI is InChI=1S/C5H8F2O2/c1-2-5(6,7)3-4(8)9/h2-3H2,1H3,(H,8,9). The molecule has 0 bridgehead atoms. The molecule has 54 valence electrons. The van der Waals surface area contributed by atoms with Crippen LogP contribution in [0.1, 0.15) is 19.8 Å². The summed E-state index contributed by atoms with van der Waals surface area (Å²) < 4.78 is 24.0. The topological polar surface area (TPSA) is 37.3 Å². The minimum absolute atomic E-state index is 0.417. The number of rotatable bonds is 3. The van der Waals surface area contributed by atoms with Crippen molar-refractivity contribution in [3.8, 4) is 0 Å². The van der Waals surface area contributed by atoms with Crippen LogP contribution in [0.2, 0.25) is 0 Å². The first-order valence-corrected chi connectivity index (χ1v) is 2.57. The summed E-state index contributed by atoms with van der Waals surface area (Å²) >= 11 is 0. The molecule has 0 rings (SSSR count). The normalized spacial score (nSPS) is 11.4. The molecule has 0 aliphatic carbocycles. The zero-order chi connectivity index (χ0) is 7.49. The van der Waals surface area contributed by atoms with Crippen LogP contribution >= 0.6 is 0 Å². The molecular weight excluding hydrogens is 130 g/mol. The number of carboxylic acid groups (broad SMARTS) is 1. The Labute approximate surface area is 51.5 Å². The summed E-state index contributed by atoms with van der Waals surface area (Å²) in [4.78, 5) is 9.69. The van der Waals surface area contributed by atoms with Gasteiger partial charge in [0, 0.05) is 6.42 Å². The molecule has 0 atom stereocenters. The third-order valence-electron chi connectivity index (χ3n) is 0.927. The largest absolute Gasteiger partial charge is 0.481 e. The molecule has 9 heavy (non-hydrogen) atoms. The number of carboxylic acids is 1. The van der Waals surface area contributed by atoms with Gasteiger partial charge in [-0.05, 0) is 0 Å². The third-order valence-corrected chi connectivity index (χ3v) is 0.927. The van der Waals surface area contributed by atoms with Crippen LogP contribution in [-0.4, -0.2) is 17.0 Å². The summed E-state index contributed by atoms with van der Waals surface area (Å²) in [6, 6.07) is 0. The molecule has 4 heteroatoms. The fourth-order valence-electron chi connectivity index (χ4n) is 0.346. The number of aliphatic carboxylic acids is 1. The van der Waals surface area contributed by atoms with Crippen molar-refractivity contribution in [3.05, 3.63) is 0 Å². The highest BCUT2D eigenvalue weighted by Crippen LogP contribution is 2.21. The molecule has 0 amide bonds. The molecule has 0 heterocycles. The molecule has 0 saturated heterocycles. The minimum atomic E-state index is -3.04. The Hall–Kier alpha value is -0.670. The molecule has 0 aliphatic heterocycles. The van der Waals surface area contributed by atoms with Crippen molar-refractivity contribution in [1.29, 1.82) is 0 Å². The van der Waals surface area contributed by atoms with Crippen LogP contribution < -0.4 is 0 Å². The molecule has 0 spiro atoms. The van der Waals surface area contributed by atoms with E-state index >= 15 is 0 Å². The zero-order valence-electron chi connectivity index (χ0n) is 5.03. The summed E-state index contributed by atoms with van der Waals surface area (Å²) in [5, 5.41) is 7.90. The fourth-order valence-corrected chi connectivity index (χ4v) is 0.346. The average molecular weight is 138 g/mol. The highest BCUT2D eigenvalue weighted by atomic mass is 19.3. The first-order chi connectivity index (χ1) is 3.98. The Morgan fingerprint density at radius 1 is 1.67 bits per heavy atom. The van der Waals surface area contributed by atoms with E-state index in [2.05, 4.69) is 0 Å². The molecule has 2 nitrogen and oxygen atoms in total. The monoisotopic (exact) mass is 138 g/mol. The summed E-state index contributed by atoms with van der Waals surface area (Å²) in [6.45, 7) is 1.25. The van der Waals surface area contributed by atoms with Crippen molar-refractivity contribution in [2.24, 2.45) is 0 Å². The summed E-state index contributed by atoms with van der Waals surface area (Å²) in [5.74, 6) is -4.49. The van der Waals surface area contributed by atoms with Gasteiger partial charge in [0.15, 0.2) is 0 Å². The molecule has 0 radical (unpaired) electrons. The maximum absolute atomic E-state index is 12.0. The molecule has 0 aromatic heterocycles. The van der Waals surface area contributed by atoms with E-state index in [0.29, 0.717) is 0 Å². The summed E-state index contributed by atoms with van der Waals surface area (Å²) in [7, 11) is 0. The van der Waals surface area contributed by atoms with Gasteiger partial charge in [-0.2, -0.15) is 0 Å². The Kier molecular flexibility index (Phi) is 2.55. The van der Waals surface area contributed by atoms with Gasteiger partial charge in [-0.3, -0.25) is 4.79 Å². The van der Waals surface area contributed by atoms with Gasteiger partial charge in [0.25, 0.3) is 5.92 Å². The second kappa shape index (κ2) is 2.75. The number of hydrogen-bond donors (Lipinski definition) is 1. The zero-order valence-corrected chi connectivity index (χ0v) is 5.03. The van der Waals surface area contributed by atoms with Crippen molar-refractivity contribution in [2.45, 2.75) is 25.7 Å². The Bertz CT molecular complexity index is 112. The molecule has 0 aromatic rings. The molecule has 0 aliphatic rings. The van der Waals surface area contributed by atoms with Crippen LogP contribution in [0.4, 0.5) is 8.78 Å². The van der Waals surface area contributed by atoms with Gasteiger partial charge >= 0.3 is 5.97 Å². The van der Waals surface area contributed by atoms with Gasteiger partial charge in [-0.25, -0.2) is 8.78 Å². The van der Waals surface area contributed by atoms with Gasteiger partial charge in [-0.1, -0.05) is 6.92 Å². The van der Waals surface area contributed by atoms with Crippen molar-refractivity contribution in [2.75, 3.05) is 0 Å². The van der Waals surface area contributed by atoms with E-state index in [-0.39, 0.29) is 0 Å². The molecular formula is C5H8F2O2. The van der Waals surface area contributed by atoms with Crippen LogP contribution in [-0.2, 0) is 4.79 Å². The summed E-state index contributed by atoms with van der Waals surface area (Å²) in [6.07, 6.45) is -1.48. The maximum atomic E-state index is 12.0. The molecule has 0 unspecified atom stereocenters. The smallest absolute Gasteiger partial charge is 0.309 e. The van der Waals surface area contributed by atoms with Crippen LogP contribution in [0.25, 0.3) is 0 Å². The van der Waals surface area contributed by atoms with Crippen LogP contribution in [0.3, 0.4) is 0 Å². The molecule has 0 aromatic carbocycles. The van der Waals surface area contributed by atoms with E-state index in [9.17, 15) is 13.6 Å². The number of alkyl halides is 2. The van der Waals surface area contributed by atoms with E-state index in [0.717, 1.165) is 0 Å². The van der Waals surface area contributed by atoms with E-state index < -0.39 is 24.7 Å². The van der Waals surface area contributed by atoms with E-state index in [1.165, 1.54) is 6.92 Å². The van der Waals surface area contributed by atoms with Crippen molar-refractivity contribution in [1.82, 2.24) is 0 Å². The highest BCUT2D eigenvalue weighted by Gasteiger charge is 2.29. The van der Waals surface area contributed by atoms with Gasteiger partial charge < -0.3 is 5.11 Å². The van der Waals surface area contributed by atoms with Gasteiger partial charge in [0.05, 0.1) is 0 Å². The number of hydrogen-bond acceptors (Lipinski definition) is 1. The molecule has 0 fully saturated rings. The lowest BCUT2D eigenvalue weighted by atomic mass is 10.2. The van der Waals surface area contributed by atoms with Crippen molar-refractivity contribution in [3.63, 3.8) is 0 Å². The van der Waals surface area contributed by atoms with Crippen molar-refractivity contribution >= 4 is 5.97 Å². The van der Waals surface area contributed by atoms with Gasteiger partial charge in [-0.15, -0.1) is 0 Å². The lowest BCUT2D eigenvalue weighted by Crippen LogP contribution is -2.19. The lowest BCUT2D eigenvalue weighted by Gasteiger charge is -2.08. The second-order valence-corrected chi connectivity index (χ2v) is 1.78. The first-order valence-electron chi connectivity index (χ1n) is 2.57. The summed E-state index contributed by atoms with van der Waals surface area (Å²) in [5.41, 5.74) is 0. The third kappa shape index (κ3) is 3.88. The number of carbonyl (C=O) groups is 1. The lowest BCUT2D eigenvalue weighted by molar-refractivity contribution is -0.145. The van der Waals surface area contributed by atoms with Crippen LogP contribution in [0, 0.1) is 0 Å². The van der Waals surface area contributed by atoms with Gasteiger partial charge in [0.2, 0.25) is 0 Å². The Morgan fingerprint density at radius 2 is 2.11 bits per heavy atom. The maximum Gasteiger partial charge on any atom is 0.309 e. The van der Waals surface area contributed by atoms with E-state index in [4.69, 9.17) is 5.11 Å². The molecule has 0 saturated carbocycles.